The van der Waals surface area contributed by atoms with E-state index in [4.69, 9.17) is 4.74 Å². The summed E-state index contributed by atoms with van der Waals surface area (Å²) in [6.07, 6.45) is 5.14. The molecule has 0 N–H and O–H groups in total. The average Bonchev–Trinajstić information content (AvgIpc) is 3.02. The van der Waals surface area contributed by atoms with Crippen molar-refractivity contribution < 1.29 is 27.5 Å². The second-order valence-electron chi connectivity index (χ2n) is 5.86. The van der Waals surface area contributed by atoms with Crippen LogP contribution >= 0.6 is 0 Å². The maximum absolute atomic E-state index is 13.6. The van der Waals surface area contributed by atoms with Gasteiger partial charge in [-0.1, -0.05) is 12.2 Å². The lowest BCUT2D eigenvalue weighted by molar-refractivity contribution is -0.137. The predicted octanol–water partition coefficient (Wildman–Crippen LogP) is 3.83. The number of hydrogen-bond acceptors (Lipinski definition) is 3. The van der Waals surface area contributed by atoms with E-state index in [1.807, 2.05) is 0 Å². The molecule has 0 spiro atoms. The molecule has 1 amide bonds. The number of benzene rings is 1. The highest BCUT2D eigenvalue weighted by molar-refractivity contribution is 5.83. The first-order valence-corrected chi connectivity index (χ1v) is 8.30. The Morgan fingerprint density at radius 1 is 1.27 bits per heavy atom. The van der Waals surface area contributed by atoms with E-state index in [0.29, 0.717) is 12.8 Å². The monoisotopic (exact) mass is 367 g/mol. The van der Waals surface area contributed by atoms with Crippen LogP contribution in [0, 0.1) is 17.5 Å². The summed E-state index contributed by atoms with van der Waals surface area (Å²) in [4.78, 5) is 25.4. The lowest BCUT2D eigenvalue weighted by atomic mass is 10.0. The summed E-state index contributed by atoms with van der Waals surface area (Å²) in [5, 5.41) is 0. The van der Waals surface area contributed by atoms with E-state index in [-0.39, 0.29) is 24.5 Å². The number of nitrogens with zero attached hydrogens (tertiary/aromatic N) is 1. The van der Waals surface area contributed by atoms with Crippen molar-refractivity contribution in [2.45, 2.75) is 38.3 Å². The van der Waals surface area contributed by atoms with Crippen molar-refractivity contribution in [1.82, 2.24) is 4.90 Å². The zero-order valence-corrected chi connectivity index (χ0v) is 14.4. The van der Waals surface area contributed by atoms with Gasteiger partial charge in [-0.15, -0.1) is 6.58 Å². The van der Waals surface area contributed by atoms with E-state index in [0.717, 1.165) is 12.1 Å². The maximum Gasteiger partial charge on any atom is 0.330 e. The van der Waals surface area contributed by atoms with Crippen molar-refractivity contribution in [3.8, 4) is 0 Å². The van der Waals surface area contributed by atoms with Gasteiger partial charge in [0.25, 0.3) is 0 Å². The number of esters is 1. The van der Waals surface area contributed by atoms with Crippen molar-refractivity contribution in [2.24, 2.45) is 0 Å². The van der Waals surface area contributed by atoms with Crippen LogP contribution < -0.4 is 0 Å². The van der Waals surface area contributed by atoms with E-state index in [9.17, 15) is 22.8 Å². The van der Waals surface area contributed by atoms with Crippen molar-refractivity contribution in [2.75, 3.05) is 6.61 Å². The Morgan fingerprint density at radius 2 is 1.92 bits per heavy atom. The molecule has 0 saturated carbocycles. The molecule has 0 bridgehead atoms. The minimum Gasteiger partial charge on any atom is -0.463 e. The summed E-state index contributed by atoms with van der Waals surface area (Å²) in [6, 6.07) is 0.737. The highest BCUT2D eigenvalue weighted by Crippen LogP contribution is 2.38. The molecule has 4 nitrogen and oxygen atoms in total. The molecule has 0 radical (unpaired) electrons. The Morgan fingerprint density at radius 3 is 2.50 bits per heavy atom. The van der Waals surface area contributed by atoms with Gasteiger partial charge in [0.2, 0.25) is 5.91 Å². The van der Waals surface area contributed by atoms with Crippen LogP contribution in [0.25, 0.3) is 0 Å². The molecule has 0 aliphatic carbocycles. The van der Waals surface area contributed by atoms with Gasteiger partial charge in [0.05, 0.1) is 18.7 Å². The number of hydrogen-bond donors (Lipinski definition) is 0. The second kappa shape index (κ2) is 8.69. The molecule has 140 valence electrons. The van der Waals surface area contributed by atoms with E-state index in [2.05, 4.69) is 6.58 Å². The number of halogens is 3. The third-order valence-corrected chi connectivity index (χ3v) is 4.17. The molecule has 2 atom stereocenters. The average molecular weight is 367 g/mol. The molecule has 1 saturated heterocycles. The van der Waals surface area contributed by atoms with Crippen LogP contribution in [0.5, 0.6) is 0 Å². The molecule has 1 heterocycles. The Kier molecular flexibility index (Phi) is 6.60. The first kappa shape index (κ1) is 19.8. The number of amides is 1. The first-order chi connectivity index (χ1) is 12.4. The minimum absolute atomic E-state index is 0.0341. The predicted molar refractivity (Wildman–Crippen MR) is 89.5 cm³/mol. The fraction of sp³-hybridized carbons (Fsp3) is 0.368. The van der Waals surface area contributed by atoms with Gasteiger partial charge in [-0.25, -0.2) is 18.0 Å². The van der Waals surface area contributed by atoms with Crippen molar-refractivity contribution in [1.29, 1.82) is 0 Å². The minimum atomic E-state index is -1.55. The maximum atomic E-state index is 13.6. The van der Waals surface area contributed by atoms with Crippen LogP contribution in [-0.2, 0) is 14.3 Å². The second-order valence-corrected chi connectivity index (χ2v) is 5.86. The molecule has 7 heteroatoms. The number of ether oxygens (including phenoxy) is 1. The quantitative estimate of drug-likeness (QED) is 0.332. The Labute approximate surface area is 149 Å². The zero-order chi connectivity index (χ0) is 19.3. The fourth-order valence-electron chi connectivity index (χ4n) is 3.09. The van der Waals surface area contributed by atoms with Gasteiger partial charge in [-0.05, 0) is 37.5 Å². The normalized spacial score (nSPS) is 19.8. The van der Waals surface area contributed by atoms with Gasteiger partial charge in [-0.2, -0.15) is 0 Å². The third kappa shape index (κ3) is 4.33. The smallest absolute Gasteiger partial charge is 0.330 e. The number of rotatable bonds is 6. The number of carbonyl (C=O) groups is 2. The van der Waals surface area contributed by atoms with E-state index < -0.39 is 35.5 Å². The van der Waals surface area contributed by atoms with Crippen molar-refractivity contribution in [3.05, 3.63) is 60.0 Å². The van der Waals surface area contributed by atoms with Crippen molar-refractivity contribution >= 4 is 11.9 Å². The standard InChI is InChI=1S/C19H20F3NO3/c1-3-5-17(24)23-13(7-9-18(25)26-4-2)6-8-16(23)12-10-14(20)19(22)15(21)11-12/h3,7,9-11,13,16H,1,4-6,8H2,2H3/t13-,16+/m1/s1. The van der Waals surface area contributed by atoms with Crippen LogP contribution in [0.3, 0.4) is 0 Å². The molecule has 26 heavy (non-hydrogen) atoms. The van der Waals surface area contributed by atoms with Gasteiger partial charge in [0.15, 0.2) is 17.5 Å². The molecule has 1 fully saturated rings. The molecule has 1 aliphatic heterocycles. The summed E-state index contributed by atoms with van der Waals surface area (Å²) in [6.45, 7) is 5.43. The molecule has 0 aromatic heterocycles. The lowest BCUT2D eigenvalue weighted by Crippen LogP contribution is -2.36. The molecular formula is C19H20F3NO3. The number of likely N-dealkylation sites (tertiary alicyclic amines) is 1. The lowest BCUT2D eigenvalue weighted by Gasteiger charge is -2.29. The van der Waals surface area contributed by atoms with Gasteiger partial charge >= 0.3 is 5.97 Å². The highest BCUT2D eigenvalue weighted by atomic mass is 19.2. The van der Waals surface area contributed by atoms with Crippen LogP contribution in [0.15, 0.2) is 36.9 Å². The Balaban J connectivity index is 2.32. The fourth-order valence-corrected chi connectivity index (χ4v) is 3.09. The van der Waals surface area contributed by atoms with Crippen LogP contribution in [0.1, 0.15) is 37.8 Å². The zero-order valence-electron chi connectivity index (χ0n) is 14.4. The molecule has 1 aromatic rings. The molecule has 0 unspecified atom stereocenters. The van der Waals surface area contributed by atoms with Crippen LogP contribution in [-0.4, -0.2) is 29.4 Å². The van der Waals surface area contributed by atoms with Gasteiger partial charge in [0.1, 0.15) is 0 Å². The molecule has 1 aliphatic rings. The Bertz CT molecular complexity index is 710. The summed E-state index contributed by atoms with van der Waals surface area (Å²) in [5.41, 5.74) is 0.172. The summed E-state index contributed by atoms with van der Waals surface area (Å²) < 4.78 is 45.2. The molecule has 2 rings (SSSR count). The summed E-state index contributed by atoms with van der Waals surface area (Å²) in [5.74, 6) is -4.99. The molecular weight excluding hydrogens is 347 g/mol. The van der Waals surface area contributed by atoms with Crippen LogP contribution in [0.2, 0.25) is 0 Å². The highest BCUT2D eigenvalue weighted by Gasteiger charge is 2.36. The van der Waals surface area contributed by atoms with Gasteiger partial charge in [-0.3, -0.25) is 4.79 Å². The van der Waals surface area contributed by atoms with E-state index in [1.54, 1.807) is 6.92 Å². The topological polar surface area (TPSA) is 46.6 Å². The summed E-state index contributed by atoms with van der Waals surface area (Å²) in [7, 11) is 0. The van der Waals surface area contributed by atoms with Crippen molar-refractivity contribution in [3.63, 3.8) is 0 Å². The van der Waals surface area contributed by atoms with E-state index in [1.165, 1.54) is 23.1 Å². The van der Waals surface area contributed by atoms with Crippen LogP contribution in [0.4, 0.5) is 13.2 Å². The third-order valence-electron chi connectivity index (χ3n) is 4.17. The SMILES string of the molecule is C=CCC(=O)N1[C@@H](C=CC(=O)OCC)CC[C@H]1c1cc(F)c(F)c(F)c1. The summed E-state index contributed by atoms with van der Waals surface area (Å²) >= 11 is 0. The Hall–Kier alpha value is -2.57. The van der Waals surface area contributed by atoms with Gasteiger partial charge < -0.3 is 9.64 Å². The molecule has 1 aromatic carbocycles. The number of carbonyl (C=O) groups excluding carboxylic acids is 2. The largest absolute Gasteiger partial charge is 0.463 e. The van der Waals surface area contributed by atoms with E-state index >= 15 is 0 Å². The van der Waals surface area contributed by atoms with Gasteiger partial charge in [0, 0.05) is 12.5 Å². The first-order valence-electron chi connectivity index (χ1n) is 8.30.